The molecule has 0 saturated carbocycles. The summed E-state index contributed by atoms with van der Waals surface area (Å²) in [5.74, 6) is 0.859. The maximum absolute atomic E-state index is 5.49. The van der Waals surface area contributed by atoms with Gasteiger partial charge >= 0.3 is 0 Å². The molecular formula is C14H32IN3O2. The molecule has 0 atom stereocenters. The second kappa shape index (κ2) is 18.9. The summed E-state index contributed by atoms with van der Waals surface area (Å²) in [6.45, 7) is 11.8. The predicted molar refractivity (Wildman–Crippen MR) is 96.2 cm³/mol. The van der Waals surface area contributed by atoms with Gasteiger partial charge in [-0.1, -0.05) is 13.3 Å². The first-order valence-corrected chi connectivity index (χ1v) is 7.52. The van der Waals surface area contributed by atoms with Gasteiger partial charge in [0.1, 0.15) is 0 Å². The highest BCUT2D eigenvalue weighted by atomic mass is 127. The molecule has 0 bridgehead atoms. The Labute approximate surface area is 141 Å². The number of guanidine groups is 1. The SMILES string of the molecule is CCCCOCCNC(=NCCCOCC)NCC.I. The zero-order valence-corrected chi connectivity index (χ0v) is 15.6. The number of hydrogen-bond acceptors (Lipinski definition) is 3. The van der Waals surface area contributed by atoms with E-state index in [4.69, 9.17) is 9.47 Å². The Morgan fingerprint density at radius 1 is 0.950 bits per heavy atom. The van der Waals surface area contributed by atoms with E-state index in [-0.39, 0.29) is 24.0 Å². The number of rotatable bonds is 12. The molecule has 0 aliphatic heterocycles. The van der Waals surface area contributed by atoms with Crippen molar-refractivity contribution < 1.29 is 9.47 Å². The summed E-state index contributed by atoms with van der Waals surface area (Å²) in [6.07, 6.45) is 3.26. The van der Waals surface area contributed by atoms with E-state index in [2.05, 4.69) is 29.5 Å². The predicted octanol–water partition coefficient (Wildman–Crippen LogP) is 2.40. The van der Waals surface area contributed by atoms with Crippen LogP contribution in [-0.4, -0.2) is 52.0 Å². The van der Waals surface area contributed by atoms with E-state index in [9.17, 15) is 0 Å². The Bertz CT molecular complexity index is 217. The summed E-state index contributed by atoms with van der Waals surface area (Å²) in [5, 5.41) is 6.48. The van der Waals surface area contributed by atoms with Crippen LogP contribution in [0.3, 0.4) is 0 Å². The Balaban J connectivity index is 0. The molecule has 0 spiro atoms. The van der Waals surface area contributed by atoms with Gasteiger partial charge in [-0.3, -0.25) is 4.99 Å². The summed E-state index contributed by atoms with van der Waals surface area (Å²) >= 11 is 0. The first-order chi connectivity index (χ1) is 9.35. The summed E-state index contributed by atoms with van der Waals surface area (Å²) in [6, 6.07) is 0. The molecule has 122 valence electrons. The lowest BCUT2D eigenvalue weighted by Crippen LogP contribution is -2.39. The van der Waals surface area contributed by atoms with Crippen molar-refractivity contribution in [3.8, 4) is 0 Å². The van der Waals surface area contributed by atoms with E-state index in [0.717, 1.165) is 64.9 Å². The van der Waals surface area contributed by atoms with Crippen LogP contribution in [0, 0.1) is 0 Å². The molecule has 0 radical (unpaired) electrons. The molecule has 0 unspecified atom stereocenters. The molecule has 0 aromatic rings. The molecule has 0 aromatic heterocycles. The molecule has 0 saturated heterocycles. The lowest BCUT2D eigenvalue weighted by Gasteiger charge is -2.11. The van der Waals surface area contributed by atoms with E-state index in [0.29, 0.717) is 0 Å². The van der Waals surface area contributed by atoms with E-state index < -0.39 is 0 Å². The second-order valence-corrected chi connectivity index (χ2v) is 4.20. The van der Waals surface area contributed by atoms with Gasteiger partial charge in [-0.15, -0.1) is 24.0 Å². The fraction of sp³-hybridized carbons (Fsp3) is 0.929. The molecule has 0 heterocycles. The van der Waals surface area contributed by atoms with Crippen LogP contribution in [0.4, 0.5) is 0 Å². The fourth-order valence-corrected chi connectivity index (χ4v) is 1.43. The third-order valence-corrected chi connectivity index (χ3v) is 2.45. The number of hydrogen-bond donors (Lipinski definition) is 2. The highest BCUT2D eigenvalue weighted by Crippen LogP contribution is 1.87. The van der Waals surface area contributed by atoms with Crippen molar-refractivity contribution in [2.75, 3.05) is 46.1 Å². The van der Waals surface area contributed by atoms with Crippen LogP contribution in [0.1, 0.15) is 40.0 Å². The monoisotopic (exact) mass is 401 g/mol. The van der Waals surface area contributed by atoms with Crippen LogP contribution in [-0.2, 0) is 9.47 Å². The Kier molecular flexibility index (Phi) is 21.0. The maximum Gasteiger partial charge on any atom is 0.191 e. The Morgan fingerprint density at radius 2 is 1.70 bits per heavy atom. The largest absolute Gasteiger partial charge is 0.382 e. The quantitative estimate of drug-likeness (QED) is 0.228. The van der Waals surface area contributed by atoms with Gasteiger partial charge in [-0.25, -0.2) is 0 Å². The van der Waals surface area contributed by atoms with Crippen molar-refractivity contribution in [3.63, 3.8) is 0 Å². The molecule has 0 aromatic carbocycles. The third kappa shape index (κ3) is 16.0. The van der Waals surface area contributed by atoms with Crippen LogP contribution >= 0.6 is 24.0 Å². The van der Waals surface area contributed by atoms with Crippen LogP contribution in [0.2, 0.25) is 0 Å². The number of aliphatic imine (C=N–C) groups is 1. The lowest BCUT2D eigenvalue weighted by atomic mass is 10.4. The van der Waals surface area contributed by atoms with Gasteiger partial charge in [0, 0.05) is 39.5 Å². The van der Waals surface area contributed by atoms with Gasteiger partial charge in [-0.05, 0) is 26.7 Å². The minimum Gasteiger partial charge on any atom is -0.382 e. The minimum atomic E-state index is 0. The van der Waals surface area contributed by atoms with E-state index in [1.54, 1.807) is 0 Å². The normalized spacial score (nSPS) is 11.1. The summed E-state index contributed by atoms with van der Waals surface area (Å²) in [5.41, 5.74) is 0. The topological polar surface area (TPSA) is 54.9 Å². The zero-order valence-electron chi connectivity index (χ0n) is 13.2. The molecule has 0 aliphatic carbocycles. The summed E-state index contributed by atoms with van der Waals surface area (Å²) in [4.78, 5) is 4.48. The van der Waals surface area contributed by atoms with Crippen molar-refractivity contribution in [1.29, 1.82) is 0 Å². The third-order valence-electron chi connectivity index (χ3n) is 2.45. The number of halogens is 1. The first kappa shape index (κ1) is 22.2. The highest BCUT2D eigenvalue weighted by molar-refractivity contribution is 14.0. The van der Waals surface area contributed by atoms with Gasteiger partial charge in [0.2, 0.25) is 0 Å². The molecule has 0 amide bonds. The van der Waals surface area contributed by atoms with E-state index in [1.807, 2.05) is 6.92 Å². The second-order valence-electron chi connectivity index (χ2n) is 4.20. The molecule has 20 heavy (non-hydrogen) atoms. The molecule has 2 N–H and O–H groups in total. The van der Waals surface area contributed by atoms with Gasteiger partial charge < -0.3 is 20.1 Å². The van der Waals surface area contributed by atoms with Crippen molar-refractivity contribution >= 4 is 29.9 Å². The standard InChI is InChI=1S/C14H31N3O2.HI/c1-4-7-11-19-13-10-17-14(15-5-2)16-9-8-12-18-6-3;/h4-13H2,1-3H3,(H2,15,16,17);1H. The lowest BCUT2D eigenvalue weighted by molar-refractivity contribution is 0.136. The van der Waals surface area contributed by atoms with Crippen molar-refractivity contribution in [1.82, 2.24) is 10.6 Å². The highest BCUT2D eigenvalue weighted by Gasteiger charge is 1.96. The van der Waals surface area contributed by atoms with Crippen LogP contribution in [0.25, 0.3) is 0 Å². The fourth-order valence-electron chi connectivity index (χ4n) is 1.43. The van der Waals surface area contributed by atoms with Gasteiger partial charge in [0.25, 0.3) is 0 Å². The molecule has 0 fully saturated rings. The summed E-state index contributed by atoms with van der Waals surface area (Å²) in [7, 11) is 0. The average Bonchev–Trinajstić information content (AvgIpc) is 2.42. The van der Waals surface area contributed by atoms with Gasteiger partial charge in [0.05, 0.1) is 6.61 Å². The number of ether oxygens (including phenoxy) is 2. The minimum absolute atomic E-state index is 0. The Morgan fingerprint density at radius 3 is 2.35 bits per heavy atom. The van der Waals surface area contributed by atoms with E-state index >= 15 is 0 Å². The molecule has 6 heteroatoms. The molecular weight excluding hydrogens is 369 g/mol. The number of nitrogens with zero attached hydrogens (tertiary/aromatic N) is 1. The van der Waals surface area contributed by atoms with Crippen LogP contribution in [0.15, 0.2) is 4.99 Å². The maximum atomic E-state index is 5.49. The Hall–Kier alpha value is -0.0800. The van der Waals surface area contributed by atoms with Gasteiger partial charge in [0.15, 0.2) is 5.96 Å². The van der Waals surface area contributed by atoms with Crippen molar-refractivity contribution in [2.45, 2.75) is 40.0 Å². The zero-order chi connectivity index (χ0) is 14.2. The van der Waals surface area contributed by atoms with Crippen molar-refractivity contribution in [2.24, 2.45) is 4.99 Å². The van der Waals surface area contributed by atoms with Crippen LogP contribution < -0.4 is 10.6 Å². The number of unbranched alkanes of at least 4 members (excludes halogenated alkanes) is 1. The molecule has 5 nitrogen and oxygen atoms in total. The van der Waals surface area contributed by atoms with E-state index in [1.165, 1.54) is 6.42 Å². The van der Waals surface area contributed by atoms with Crippen LogP contribution in [0.5, 0.6) is 0 Å². The smallest absolute Gasteiger partial charge is 0.191 e. The average molecular weight is 401 g/mol. The number of nitrogens with one attached hydrogen (secondary N) is 2. The van der Waals surface area contributed by atoms with Gasteiger partial charge in [-0.2, -0.15) is 0 Å². The molecule has 0 rings (SSSR count). The van der Waals surface area contributed by atoms with Crippen molar-refractivity contribution in [3.05, 3.63) is 0 Å². The first-order valence-electron chi connectivity index (χ1n) is 7.52. The molecule has 0 aliphatic rings. The summed E-state index contributed by atoms with van der Waals surface area (Å²) < 4.78 is 10.8.